The van der Waals surface area contributed by atoms with Crippen molar-refractivity contribution in [3.63, 3.8) is 0 Å². The summed E-state index contributed by atoms with van der Waals surface area (Å²) in [5, 5.41) is 7.06. The van der Waals surface area contributed by atoms with Gasteiger partial charge in [-0.2, -0.15) is 5.10 Å². The quantitative estimate of drug-likeness (QED) is 0.766. The average Bonchev–Trinajstić information content (AvgIpc) is 2.96. The lowest BCUT2D eigenvalue weighted by Crippen LogP contribution is -2.31. The van der Waals surface area contributed by atoms with Crippen LogP contribution < -0.4 is 10.9 Å². The van der Waals surface area contributed by atoms with Gasteiger partial charge < -0.3 is 10.3 Å². The van der Waals surface area contributed by atoms with Crippen LogP contribution in [-0.4, -0.2) is 20.7 Å². The summed E-state index contributed by atoms with van der Waals surface area (Å²) in [5.74, 6) is -0.814. The fourth-order valence-corrected chi connectivity index (χ4v) is 2.67. The molecular formula is C18H17FN4O2. The van der Waals surface area contributed by atoms with Gasteiger partial charge in [0.15, 0.2) is 0 Å². The fourth-order valence-electron chi connectivity index (χ4n) is 2.67. The van der Waals surface area contributed by atoms with Crippen molar-refractivity contribution in [1.29, 1.82) is 0 Å². The van der Waals surface area contributed by atoms with Crippen molar-refractivity contribution in [2.45, 2.75) is 19.9 Å². The van der Waals surface area contributed by atoms with Crippen LogP contribution in [0.25, 0.3) is 5.69 Å². The van der Waals surface area contributed by atoms with Crippen molar-refractivity contribution in [1.82, 2.24) is 20.1 Å². The molecule has 128 valence electrons. The predicted octanol–water partition coefficient (Wildman–Crippen LogP) is 2.50. The number of rotatable bonds is 4. The van der Waals surface area contributed by atoms with Crippen LogP contribution in [0.4, 0.5) is 4.39 Å². The lowest BCUT2D eigenvalue weighted by molar-refractivity contribution is 0.0938. The summed E-state index contributed by atoms with van der Waals surface area (Å²) in [6.45, 7) is 3.64. The molecule has 0 aliphatic heterocycles. The molecule has 0 saturated heterocycles. The van der Waals surface area contributed by atoms with E-state index in [0.29, 0.717) is 5.69 Å². The van der Waals surface area contributed by atoms with E-state index >= 15 is 0 Å². The lowest BCUT2D eigenvalue weighted by atomic mass is 10.1. The number of aromatic nitrogens is 3. The summed E-state index contributed by atoms with van der Waals surface area (Å²) in [6, 6.07) is 8.80. The van der Waals surface area contributed by atoms with Crippen LogP contribution in [0, 0.1) is 12.7 Å². The van der Waals surface area contributed by atoms with Crippen LogP contribution in [0.5, 0.6) is 0 Å². The van der Waals surface area contributed by atoms with Crippen molar-refractivity contribution in [3.8, 4) is 5.69 Å². The molecule has 0 spiro atoms. The van der Waals surface area contributed by atoms with Crippen LogP contribution in [0.15, 0.2) is 53.6 Å². The van der Waals surface area contributed by atoms with Crippen LogP contribution in [0.1, 0.15) is 34.6 Å². The summed E-state index contributed by atoms with van der Waals surface area (Å²) in [5.41, 5.74) is 1.76. The minimum Gasteiger partial charge on any atom is -0.345 e. The van der Waals surface area contributed by atoms with E-state index in [-0.39, 0.29) is 17.4 Å². The molecule has 25 heavy (non-hydrogen) atoms. The summed E-state index contributed by atoms with van der Waals surface area (Å²) in [4.78, 5) is 26.4. The average molecular weight is 340 g/mol. The molecular weight excluding hydrogens is 323 g/mol. The lowest BCUT2D eigenvalue weighted by Gasteiger charge is -2.14. The normalized spacial score (nSPS) is 12.0. The van der Waals surface area contributed by atoms with Gasteiger partial charge >= 0.3 is 0 Å². The van der Waals surface area contributed by atoms with E-state index in [2.05, 4.69) is 15.4 Å². The molecule has 1 amide bonds. The van der Waals surface area contributed by atoms with Crippen molar-refractivity contribution >= 4 is 5.91 Å². The summed E-state index contributed by atoms with van der Waals surface area (Å²) < 4.78 is 15.0. The first-order chi connectivity index (χ1) is 12.0. The minimum absolute atomic E-state index is 0.0459. The number of halogens is 1. The van der Waals surface area contributed by atoms with Gasteiger partial charge in [0, 0.05) is 17.5 Å². The summed E-state index contributed by atoms with van der Waals surface area (Å²) in [6.07, 6.45) is 3.09. The molecule has 2 N–H and O–H groups in total. The largest absolute Gasteiger partial charge is 0.345 e. The van der Waals surface area contributed by atoms with Crippen molar-refractivity contribution < 1.29 is 9.18 Å². The second kappa shape index (κ2) is 6.72. The first-order valence-corrected chi connectivity index (χ1v) is 7.76. The zero-order valence-electron chi connectivity index (χ0n) is 13.8. The smallest absolute Gasteiger partial charge is 0.260 e. The van der Waals surface area contributed by atoms with E-state index in [1.807, 2.05) is 6.92 Å². The topological polar surface area (TPSA) is 79.8 Å². The molecule has 0 saturated carbocycles. The SMILES string of the molecule is Cc1c(C(C)NC(=O)c2ccc[nH]c2=O)cnn1-c1cccc(F)c1. The molecule has 2 aromatic heterocycles. The Labute approximate surface area is 143 Å². The zero-order valence-corrected chi connectivity index (χ0v) is 13.8. The van der Waals surface area contributed by atoms with Crippen molar-refractivity contribution in [3.05, 3.63) is 81.8 Å². The van der Waals surface area contributed by atoms with Gasteiger partial charge in [-0.1, -0.05) is 6.07 Å². The number of hydrogen-bond acceptors (Lipinski definition) is 3. The van der Waals surface area contributed by atoms with Crippen molar-refractivity contribution in [2.24, 2.45) is 0 Å². The Morgan fingerprint density at radius 1 is 1.32 bits per heavy atom. The third-order valence-electron chi connectivity index (χ3n) is 3.98. The highest BCUT2D eigenvalue weighted by atomic mass is 19.1. The molecule has 0 radical (unpaired) electrons. The van der Waals surface area contributed by atoms with E-state index in [1.165, 1.54) is 24.4 Å². The number of carbonyl (C=O) groups is 1. The van der Waals surface area contributed by atoms with E-state index in [4.69, 9.17) is 0 Å². The molecule has 3 rings (SSSR count). The monoisotopic (exact) mass is 340 g/mol. The molecule has 1 unspecified atom stereocenters. The van der Waals surface area contributed by atoms with Gasteiger partial charge in [-0.3, -0.25) is 9.59 Å². The van der Waals surface area contributed by atoms with Crippen LogP contribution in [0.2, 0.25) is 0 Å². The number of benzene rings is 1. The highest BCUT2D eigenvalue weighted by Gasteiger charge is 2.18. The Kier molecular flexibility index (Phi) is 4.47. The molecule has 1 aromatic carbocycles. The first kappa shape index (κ1) is 16.6. The number of hydrogen-bond donors (Lipinski definition) is 2. The predicted molar refractivity (Wildman–Crippen MR) is 91.2 cm³/mol. The highest BCUT2D eigenvalue weighted by molar-refractivity contribution is 5.94. The molecule has 0 aliphatic carbocycles. The summed E-state index contributed by atoms with van der Waals surface area (Å²) >= 11 is 0. The second-order valence-electron chi connectivity index (χ2n) is 5.69. The number of nitrogens with one attached hydrogen (secondary N) is 2. The number of pyridine rings is 1. The van der Waals surface area contributed by atoms with Crippen LogP contribution >= 0.6 is 0 Å². The number of amides is 1. The number of nitrogens with zero attached hydrogens (tertiary/aromatic N) is 2. The number of carbonyl (C=O) groups excluding carboxylic acids is 1. The van der Waals surface area contributed by atoms with E-state index < -0.39 is 11.5 Å². The first-order valence-electron chi connectivity index (χ1n) is 7.76. The standard InChI is InChI=1S/C18H17FN4O2/c1-11(22-18(25)15-7-4-8-20-17(15)24)16-10-21-23(12(16)2)14-6-3-5-13(19)9-14/h3-11H,1-2H3,(H,20,24)(H,22,25). The van der Waals surface area contributed by atoms with Gasteiger partial charge in [0.1, 0.15) is 11.4 Å². The maximum atomic E-state index is 13.4. The van der Waals surface area contributed by atoms with Gasteiger partial charge in [0.05, 0.1) is 17.9 Å². The molecule has 7 heteroatoms. The summed E-state index contributed by atoms with van der Waals surface area (Å²) in [7, 11) is 0. The molecule has 3 aromatic rings. The maximum absolute atomic E-state index is 13.4. The molecule has 2 heterocycles. The van der Waals surface area contributed by atoms with Crippen molar-refractivity contribution in [2.75, 3.05) is 0 Å². The van der Waals surface area contributed by atoms with Gasteiger partial charge in [-0.25, -0.2) is 9.07 Å². The third-order valence-corrected chi connectivity index (χ3v) is 3.98. The maximum Gasteiger partial charge on any atom is 0.260 e. The molecule has 0 bridgehead atoms. The molecule has 0 fully saturated rings. The van der Waals surface area contributed by atoms with Gasteiger partial charge in [-0.05, 0) is 44.2 Å². The van der Waals surface area contributed by atoms with E-state index in [0.717, 1.165) is 11.3 Å². The Morgan fingerprint density at radius 2 is 2.12 bits per heavy atom. The zero-order chi connectivity index (χ0) is 18.0. The van der Waals surface area contributed by atoms with Crippen LogP contribution in [-0.2, 0) is 0 Å². The number of H-pyrrole nitrogens is 1. The number of aromatic amines is 1. The Hall–Kier alpha value is -3.22. The Morgan fingerprint density at radius 3 is 2.84 bits per heavy atom. The molecule has 1 atom stereocenters. The van der Waals surface area contributed by atoms with Gasteiger partial charge in [0.2, 0.25) is 0 Å². The fraction of sp³-hybridized carbons (Fsp3) is 0.167. The van der Waals surface area contributed by atoms with Gasteiger partial charge in [0.25, 0.3) is 11.5 Å². The van der Waals surface area contributed by atoms with Gasteiger partial charge in [-0.15, -0.1) is 0 Å². The Bertz CT molecular complexity index is 977. The van der Waals surface area contributed by atoms with E-state index in [1.54, 1.807) is 36.0 Å². The van der Waals surface area contributed by atoms with Crippen LogP contribution in [0.3, 0.4) is 0 Å². The van der Waals surface area contributed by atoms with E-state index in [9.17, 15) is 14.0 Å². The Balaban J connectivity index is 1.84. The molecule has 6 nitrogen and oxygen atoms in total. The second-order valence-corrected chi connectivity index (χ2v) is 5.69. The molecule has 0 aliphatic rings. The minimum atomic E-state index is -0.466. The highest BCUT2D eigenvalue weighted by Crippen LogP contribution is 2.20. The third kappa shape index (κ3) is 3.35.